The number of methoxy groups -OCH3 is 1. The summed E-state index contributed by atoms with van der Waals surface area (Å²) >= 11 is 0. The van der Waals surface area contributed by atoms with Crippen LogP contribution in [0.4, 0.5) is 18.0 Å². The average molecular weight is 298 g/mol. The molecule has 0 aromatic carbocycles. The predicted octanol–water partition coefficient (Wildman–Crippen LogP) is 1.21. The lowest BCUT2D eigenvalue weighted by Crippen LogP contribution is -2.46. The Labute approximate surface area is 113 Å². The van der Waals surface area contributed by atoms with Gasteiger partial charge in [0.2, 0.25) is 0 Å². The minimum Gasteiger partial charge on any atom is -0.480 e. The Morgan fingerprint density at radius 3 is 2.60 bits per heavy atom. The molecule has 9 heteroatoms. The van der Waals surface area contributed by atoms with Crippen molar-refractivity contribution in [3.8, 4) is 0 Å². The summed E-state index contributed by atoms with van der Waals surface area (Å²) in [5, 5.41) is 11.3. The molecular weight excluding hydrogens is 281 g/mol. The predicted molar refractivity (Wildman–Crippen MR) is 62.2 cm³/mol. The number of carboxylic acid groups (broad SMARTS) is 1. The maximum Gasteiger partial charge on any atom is 0.389 e. The molecule has 20 heavy (non-hydrogen) atoms. The number of likely N-dealkylation sites (tertiary alicyclic amines) is 1. The highest BCUT2D eigenvalue weighted by molar-refractivity contribution is 5.83. The number of rotatable bonds is 5. The van der Waals surface area contributed by atoms with Gasteiger partial charge in [-0.1, -0.05) is 0 Å². The minimum absolute atomic E-state index is 0.110. The minimum atomic E-state index is -4.26. The van der Waals surface area contributed by atoms with Gasteiger partial charge in [-0.25, -0.2) is 9.59 Å². The van der Waals surface area contributed by atoms with Crippen molar-refractivity contribution in [3.63, 3.8) is 0 Å². The number of hydrogen-bond donors (Lipinski definition) is 2. The van der Waals surface area contributed by atoms with Crippen molar-refractivity contribution in [2.75, 3.05) is 20.2 Å². The van der Waals surface area contributed by atoms with Crippen LogP contribution in [0.1, 0.15) is 19.3 Å². The summed E-state index contributed by atoms with van der Waals surface area (Å²) in [5.41, 5.74) is 0. The maximum atomic E-state index is 11.9. The van der Waals surface area contributed by atoms with E-state index >= 15 is 0 Å². The molecule has 0 bridgehead atoms. The average Bonchev–Trinajstić information content (AvgIpc) is 2.77. The van der Waals surface area contributed by atoms with Crippen LogP contribution in [0, 0.1) is 0 Å². The number of alkyl halides is 3. The Bertz CT molecular complexity index is 362. The van der Waals surface area contributed by atoms with E-state index in [2.05, 4.69) is 5.32 Å². The molecule has 2 N–H and O–H groups in total. The molecular formula is C11H17F3N2O4. The van der Waals surface area contributed by atoms with Crippen molar-refractivity contribution >= 4 is 12.0 Å². The highest BCUT2D eigenvalue weighted by Gasteiger charge is 2.39. The zero-order valence-electron chi connectivity index (χ0n) is 10.9. The van der Waals surface area contributed by atoms with Gasteiger partial charge in [-0.2, -0.15) is 13.2 Å². The highest BCUT2D eigenvalue weighted by atomic mass is 19.4. The number of nitrogens with one attached hydrogen (secondary N) is 1. The first kappa shape index (κ1) is 16.5. The second-order valence-corrected chi connectivity index (χ2v) is 4.55. The number of aliphatic carboxylic acids is 1. The van der Waals surface area contributed by atoms with Crippen molar-refractivity contribution < 1.29 is 32.6 Å². The highest BCUT2D eigenvalue weighted by Crippen LogP contribution is 2.22. The number of halogens is 3. The SMILES string of the molecule is COC1CC(C(=O)O)N(C(=O)NCCCC(F)(F)F)C1. The molecule has 0 saturated carbocycles. The number of carbonyl (C=O) groups is 2. The normalized spacial score (nSPS) is 22.9. The number of urea groups is 1. The van der Waals surface area contributed by atoms with Crippen LogP contribution in [0.25, 0.3) is 0 Å². The quantitative estimate of drug-likeness (QED) is 0.748. The molecule has 116 valence electrons. The Kier molecular flexibility index (Phi) is 5.61. The van der Waals surface area contributed by atoms with E-state index in [1.807, 2.05) is 0 Å². The Hall–Kier alpha value is -1.51. The smallest absolute Gasteiger partial charge is 0.389 e. The molecule has 0 aliphatic carbocycles. The maximum absolute atomic E-state index is 11.9. The molecule has 1 saturated heterocycles. The van der Waals surface area contributed by atoms with E-state index in [1.54, 1.807) is 0 Å². The number of nitrogens with zero attached hydrogens (tertiary/aromatic N) is 1. The summed E-state index contributed by atoms with van der Waals surface area (Å²) in [7, 11) is 1.41. The lowest BCUT2D eigenvalue weighted by Gasteiger charge is -2.21. The van der Waals surface area contributed by atoms with Gasteiger partial charge in [0.1, 0.15) is 6.04 Å². The fourth-order valence-electron chi connectivity index (χ4n) is 2.01. The fourth-order valence-corrected chi connectivity index (χ4v) is 2.01. The van der Waals surface area contributed by atoms with Crippen LogP contribution < -0.4 is 5.32 Å². The molecule has 1 aliphatic rings. The molecule has 2 atom stereocenters. The number of amides is 2. The number of ether oxygens (including phenoxy) is 1. The standard InChI is InChI=1S/C11H17F3N2O4/c1-20-7-5-8(9(17)18)16(6-7)10(19)15-4-2-3-11(12,13)14/h7-8H,2-6H2,1H3,(H,15,19)(H,17,18). The lowest BCUT2D eigenvalue weighted by molar-refractivity contribution is -0.141. The van der Waals surface area contributed by atoms with Crippen LogP contribution in [0.3, 0.4) is 0 Å². The monoisotopic (exact) mass is 298 g/mol. The molecule has 2 unspecified atom stereocenters. The molecule has 0 spiro atoms. The fraction of sp³-hybridized carbons (Fsp3) is 0.818. The van der Waals surface area contributed by atoms with Crippen molar-refractivity contribution in [1.29, 1.82) is 0 Å². The first-order chi connectivity index (χ1) is 9.24. The van der Waals surface area contributed by atoms with Gasteiger partial charge in [-0.05, 0) is 6.42 Å². The van der Waals surface area contributed by atoms with E-state index in [-0.39, 0.29) is 32.0 Å². The third kappa shape index (κ3) is 4.87. The molecule has 0 aromatic heterocycles. The second-order valence-electron chi connectivity index (χ2n) is 4.55. The van der Waals surface area contributed by atoms with Crippen LogP contribution >= 0.6 is 0 Å². The van der Waals surface area contributed by atoms with Gasteiger partial charge >= 0.3 is 18.2 Å². The van der Waals surface area contributed by atoms with Crippen molar-refractivity contribution in [3.05, 3.63) is 0 Å². The summed E-state index contributed by atoms with van der Waals surface area (Å²) in [6.07, 6.45) is -5.70. The topological polar surface area (TPSA) is 78.9 Å². The largest absolute Gasteiger partial charge is 0.480 e. The molecule has 0 radical (unpaired) electrons. The van der Waals surface area contributed by atoms with Gasteiger partial charge in [0.05, 0.1) is 6.10 Å². The Balaban J connectivity index is 2.43. The Morgan fingerprint density at radius 2 is 2.10 bits per heavy atom. The van der Waals surface area contributed by atoms with Crippen LogP contribution in [-0.4, -0.2) is 60.5 Å². The first-order valence-electron chi connectivity index (χ1n) is 6.11. The third-order valence-corrected chi connectivity index (χ3v) is 3.06. The number of carbonyl (C=O) groups excluding carboxylic acids is 1. The van der Waals surface area contributed by atoms with E-state index in [0.29, 0.717) is 0 Å². The van der Waals surface area contributed by atoms with Crippen LogP contribution in [-0.2, 0) is 9.53 Å². The summed E-state index contributed by atoms with van der Waals surface area (Å²) in [6.45, 7) is -0.0442. The van der Waals surface area contributed by atoms with Crippen LogP contribution in [0.15, 0.2) is 0 Å². The van der Waals surface area contributed by atoms with Gasteiger partial charge in [0, 0.05) is 33.0 Å². The van der Waals surface area contributed by atoms with E-state index in [0.717, 1.165) is 4.90 Å². The van der Waals surface area contributed by atoms with Gasteiger partial charge in [0.15, 0.2) is 0 Å². The van der Waals surface area contributed by atoms with Crippen LogP contribution in [0.2, 0.25) is 0 Å². The summed E-state index contributed by atoms with van der Waals surface area (Å²) in [5.74, 6) is -1.16. The zero-order valence-corrected chi connectivity index (χ0v) is 10.9. The van der Waals surface area contributed by atoms with Gasteiger partial charge in [0.25, 0.3) is 0 Å². The second kappa shape index (κ2) is 6.78. The molecule has 6 nitrogen and oxygen atoms in total. The van der Waals surface area contributed by atoms with E-state index < -0.39 is 30.6 Å². The first-order valence-corrected chi connectivity index (χ1v) is 6.11. The lowest BCUT2D eigenvalue weighted by atomic mass is 10.2. The molecule has 1 aliphatic heterocycles. The summed E-state index contributed by atoms with van der Waals surface area (Å²) in [4.78, 5) is 23.8. The summed E-state index contributed by atoms with van der Waals surface area (Å²) in [6, 6.07) is -1.69. The van der Waals surface area contributed by atoms with Gasteiger partial charge < -0.3 is 20.1 Å². The van der Waals surface area contributed by atoms with Crippen LogP contribution in [0.5, 0.6) is 0 Å². The molecule has 1 heterocycles. The molecule has 2 amide bonds. The number of hydrogen-bond acceptors (Lipinski definition) is 3. The molecule has 1 fully saturated rings. The van der Waals surface area contributed by atoms with E-state index in [4.69, 9.17) is 9.84 Å². The van der Waals surface area contributed by atoms with Gasteiger partial charge in [-0.15, -0.1) is 0 Å². The molecule has 1 rings (SSSR count). The Morgan fingerprint density at radius 1 is 1.45 bits per heavy atom. The van der Waals surface area contributed by atoms with Crippen molar-refractivity contribution in [2.24, 2.45) is 0 Å². The van der Waals surface area contributed by atoms with Crippen molar-refractivity contribution in [1.82, 2.24) is 10.2 Å². The van der Waals surface area contributed by atoms with E-state index in [1.165, 1.54) is 7.11 Å². The van der Waals surface area contributed by atoms with Gasteiger partial charge in [-0.3, -0.25) is 0 Å². The third-order valence-electron chi connectivity index (χ3n) is 3.06. The van der Waals surface area contributed by atoms with E-state index in [9.17, 15) is 22.8 Å². The number of carboxylic acids is 1. The molecule has 0 aromatic rings. The summed E-state index contributed by atoms with van der Waals surface area (Å²) < 4.78 is 40.8. The van der Waals surface area contributed by atoms with Crippen molar-refractivity contribution in [2.45, 2.75) is 37.6 Å². The zero-order chi connectivity index (χ0) is 15.3.